The van der Waals surface area contributed by atoms with E-state index in [1.807, 2.05) is 17.8 Å². The van der Waals surface area contributed by atoms with Gasteiger partial charge in [-0.1, -0.05) is 26.2 Å². The van der Waals surface area contributed by atoms with Crippen molar-refractivity contribution in [2.45, 2.75) is 52.5 Å². The monoisotopic (exact) mass is 220 g/mol. The van der Waals surface area contributed by atoms with E-state index in [9.17, 15) is 4.79 Å². The van der Waals surface area contributed by atoms with Crippen molar-refractivity contribution in [1.29, 1.82) is 0 Å². The van der Waals surface area contributed by atoms with Crippen LogP contribution in [0.2, 0.25) is 0 Å². The van der Waals surface area contributed by atoms with Gasteiger partial charge in [0.05, 0.1) is 11.8 Å². The van der Waals surface area contributed by atoms with E-state index in [0.29, 0.717) is 0 Å². The summed E-state index contributed by atoms with van der Waals surface area (Å²) in [4.78, 5) is 12.4. The lowest BCUT2D eigenvalue weighted by Gasteiger charge is -2.31. The second-order valence-electron chi connectivity index (χ2n) is 5.04. The summed E-state index contributed by atoms with van der Waals surface area (Å²) in [5.41, 5.74) is 0.645. The third-order valence-corrected chi connectivity index (χ3v) is 3.72. The number of carbonyl (C=O) groups is 1. The average Bonchev–Trinajstić information content (AvgIpc) is 2.77. The van der Waals surface area contributed by atoms with Gasteiger partial charge in [0, 0.05) is 18.2 Å². The van der Waals surface area contributed by atoms with Gasteiger partial charge in [0.25, 0.3) is 0 Å². The fraction of sp³-hybridized carbons (Fsp3) is 0.692. The average molecular weight is 220 g/mol. The molecule has 0 bridgehead atoms. The quantitative estimate of drug-likeness (QED) is 0.734. The Morgan fingerprint density at radius 2 is 2.12 bits per heavy atom. The van der Waals surface area contributed by atoms with Gasteiger partial charge in [0.2, 0.25) is 0 Å². The molecule has 3 nitrogen and oxygen atoms in total. The Morgan fingerprint density at radius 1 is 1.44 bits per heavy atom. The third-order valence-electron chi connectivity index (χ3n) is 3.72. The highest BCUT2D eigenvalue weighted by atomic mass is 16.1. The zero-order chi connectivity index (χ0) is 11.6. The van der Waals surface area contributed by atoms with Gasteiger partial charge < -0.3 is 0 Å². The molecule has 2 rings (SSSR count). The molecular formula is C13H20N2O. The molecule has 0 saturated heterocycles. The molecule has 0 aliphatic heterocycles. The minimum atomic E-state index is -0.139. The lowest BCUT2D eigenvalue weighted by Crippen LogP contribution is -2.30. The standard InChI is InChI=1S/C13H20N2O/c1-3-15-10-11(9-14-15)12(16)13(2)7-5-4-6-8-13/h9-10H,3-8H2,1-2H3. The van der Waals surface area contributed by atoms with E-state index in [4.69, 9.17) is 0 Å². The molecule has 88 valence electrons. The first-order valence-electron chi connectivity index (χ1n) is 6.23. The normalized spacial score (nSPS) is 19.6. The van der Waals surface area contributed by atoms with E-state index in [1.54, 1.807) is 6.20 Å². The predicted octanol–water partition coefficient (Wildman–Crippen LogP) is 3.06. The van der Waals surface area contributed by atoms with Crippen LogP contribution in [0.25, 0.3) is 0 Å². The van der Waals surface area contributed by atoms with Crippen LogP contribution in [0.3, 0.4) is 0 Å². The van der Waals surface area contributed by atoms with E-state index in [1.165, 1.54) is 19.3 Å². The molecule has 1 saturated carbocycles. The van der Waals surface area contributed by atoms with Gasteiger partial charge >= 0.3 is 0 Å². The fourth-order valence-electron chi connectivity index (χ4n) is 2.56. The summed E-state index contributed by atoms with van der Waals surface area (Å²) in [6.45, 7) is 4.96. The van der Waals surface area contributed by atoms with Crippen LogP contribution >= 0.6 is 0 Å². The van der Waals surface area contributed by atoms with Crippen LogP contribution in [0.1, 0.15) is 56.3 Å². The van der Waals surface area contributed by atoms with Gasteiger partial charge in [-0.3, -0.25) is 9.48 Å². The highest BCUT2D eigenvalue weighted by molar-refractivity contribution is 5.99. The topological polar surface area (TPSA) is 34.9 Å². The number of Topliss-reactive ketones (excluding diaryl/α,β-unsaturated/α-hetero) is 1. The first-order chi connectivity index (χ1) is 7.65. The molecule has 1 aliphatic carbocycles. The van der Waals surface area contributed by atoms with Crippen molar-refractivity contribution in [1.82, 2.24) is 9.78 Å². The molecule has 0 radical (unpaired) electrons. The molecule has 0 unspecified atom stereocenters. The third kappa shape index (κ3) is 2.04. The Bertz CT molecular complexity index is 375. The molecule has 0 aromatic carbocycles. The van der Waals surface area contributed by atoms with Crippen LogP contribution in [0.15, 0.2) is 12.4 Å². The Labute approximate surface area is 96.8 Å². The largest absolute Gasteiger partial charge is 0.293 e. The number of nitrogens with zero attached hydrogens (tertiary/aromatic N) is 2. The molecule has 1 fully saturated rings. The smallest absolute Gasteiger partial charge is 0.171 e. The number of hydrogen-bond donors (Lipinski definition) is 0. The lowest BCUT2D eigenvalue weighted by molar-refractivity contribution is 0.0749. The first-order valence-corrected chi connectivity index (χ1v) is 6.23. The SMILES string of the molecule is CCn1cc(C(=O)C2(C)CCCCC2)cn1. The Morgan fingerprint density at radius 3 is 2.69 bits per heavy atom. The number of carbonyl (C=O) groups excluding carboxylic acids is 1. The summed E-state index contributed by atoms with van der Waals surface area (Å²) >= 11 is 0. The van der Waals surface area contributed by atoms with Crippen molar-refractivity contribution >= 4 is 5.78 Å². The molecule has 1 heterocycles. The molecule has 0 N–H and O–H groups in total. The van der Waals surface area contributed by atoms with Gasteiger partial charge in [-0.15, -0.1) is 0 Å². The molecule has 0 spiro atoms. The highest BCUT2D eigenvalue weighted by Crippen LogP contribution is 2.38. The molecule has 1 aromatic rings. The second kappa shape index (κ2) is 4.40. The van der Waals surface area contributed by atoms with Crippen molar-refractivity contribution in [2.24, 2.45) is 5.41 Å². The van der Waals surface area contributed by atoms with Gasteiger partial charge in [-0.25, -0.2) is 0 Å². The number of aryl methyl sites for hydroxylation is 1. The maximum Gasteiger partial charge on any atom is 0.171 e. The van der Waals surface area contributed by atoms with Crippen LogP contribution in [0.4, 0.5) is 0 Å². The van der Waals surface area contributed by atoms with E-state index >= 15 is 0 Å². The highest BCUT2D eigenvalue weighted by Gasteiger charge is 2.35. The van der Waals surface area contributed by atoms with Crippen LogP contribution in [0, 0.1) is 5.41 Å². The van der Waals surface area contributed by atoms with E-state index in [-0.39, 0.29) is 11.2 Å². The summed E-state index contributed by atoms with van der Waals surface area (Å²) in [6.07, 6.45) is 9.30. The van der Waals surface area contributed by atoms with Gasteiger partial charge in [0.15, 0.2) is 5.78 Å². The Balaban J connectivity index is 2.17. The Hall–Kier alpha value is -1.12. The van der Waals surface area contributed by atoms with Gasteiger partial charge in [0.1, 0.15) is 0 Å². The van der Waals surface area contributed by atoms with Crippen molar-refractivity contribution in [3.05, 3.63) is 18.0 Å². The molecule has 1 aromatic heterocycles. The number of ketones is 1. The summed E-state index contributed by atoms with van der Waals surface area (Å²) in [7, 11) is 0. The molecule has 0 amide bonds. The van der Waals surface area contributed by atoms with Crippen molar-refractivity contribution in [2.75, 3.05) is 0 Å². The lowest BCUT2D eigenvalue weighted by atomic mass is 9.71. The number of hydrogen-bond acceptors (Lipinski definition) is 2. The van der Waals surface area contributed by atoms with Gasteiger partial charge in [-0.05, 0) is 19.8 Å². The number of aromatic nitrogens is 2. The zero-order valence-electron chi connectivity index (χ0n) is 10.2. The van der Waals surface area contributed by atoms with Crippen molar-refractivity contribution in [3.8, 4) is 0 Å². The van der Waals surface area contributed by atoms with E-state index in [0.717, 1.165) is 24.9 Å². The zero-order valence-corrected chi connectivity index (χ0v) is 10.2. The van der Waals surface area contributed by atoms with Crippen molar-refractivity contribution in [3.63, 3.8) is 0 Å². The van der Waals surface area contributed by atoms with Crippen LogP contribution in [0.5, 0.6) is 0 Å². The van der Waals surface area contributed by atoms with Crippen LogP contribution < -0.4 is 0 Å². The predicted molar refractivity (Wildman–Crippen MR) is 63.4 cm³/mol. The minimum Gasteiger partial charge on any atom is -0.293 e. The Kier molecular flexibility index (Phi) is 3.13. The second-order valence-corrected chi connectivity index (χ2v) is 5.04. The number of rotatable bonds is 3. The molecule has 0 atom stereocenters. The van der Waals surface area contributed by atoms with E-state index < -0.39 is 0 Å². The van der Waals surface area contributed by atoms with Gasteiger partial charge in [-0.2, -0.15) is 5.10 Å². The summed E-state index contributed by atoms with van der Waals surface area (Å²) in [5.74, 6) is 0.284. The molecular weight excluding hydrogens is 200 g/mol. The summed E-state index contributed by atoms with van der Waals surface area (Å²) in [6, 6.07) is 0. The summed E-state index contributed by atoms with van der Waals surface area (Å²) in [5, 5.41) is 4.18. The fourth-order valence-corrected chi connectivity index (χ4v) is 2.56. The molecule has 3 heteroatoms. The first kappa shape index (κ1) is 11.4. The minimum absolute atomic E-state index is 0.139. The molecule has 1 aliphatic rings. The van der Waals surface area contributed by atoms with Crippen molar-refractivity contribution < 1.29 is 4.79 Å². The molecule has 16 heavy (non-hydrogen) atoms. The summed E-state index contributed by atoms with van der Waals surface area (Å²) < 4.78 is 1.82. The van der Waals surface area contributed by atoms with Crippen LogP contribution in [-0.4, -0.2) is 15.6 Å². The maximum absolute atomic E-state index is 12.4. The maximum atomic E-state index is 12.4. The van der Waals surface area contributed by atoms with E-state index in [2.05, 4.69) is 12.0 Å². The van der Waals surface area contributed by atoms with Crippen LogP contribution in [-0.2, 0) is 6.54 Å².